The lowest BCUT2D eigenvalue weighted by molar-refractivity contribution is -0.126. The van der Waals surface area contributed by atoms with Crippen LogP contribution >= 0.6 is 11.6 Å². The average molecular weight is 326 g/mol. The second-order valence-electron chi connectivity index (χ2n) is 5.22. The van der Waals surface area contributed by atoms with E-state index in [-0.39, 0.29) is 13.1 Å². The highest BCUT2D eigenvalue weighted by Crippen LogP contribution is 2.25. The summed E-state index contributed by atoms with van der Waals surface area (Å²) in [5.74, 6) is 0.0428. The van der Waals surface area contributed by atoms with Gasteiger partial charge in [0.05, 0.1) is 18.7 Å². The van der Waals surface area contributed by atoms with Crippen molar-refractivity contribution >= 4 is 29.9 Å². The average Bonchev–Trinajstić information content (AvgIpc) is 2.72. The van der Waals surface area contributed by atoms with Gasteiger partial charge in [-0.25, -0.2) is 4.79 Å². The molecule has 2 N–H and O–H groups in total. The maximum Gasteiger partial charge on any atom is 0.322 e. The lowest BCUT2D eigenvalue weighted by atomic mass is 10.0. The molecule has 0 saturated carbocycles. The lowest BCUT2D eigenvalue weighted by Crippen LogP contribution is -2.52. The Kier molecular flexibility index (Phi) is 4.56. The van der Waals surface area contributed by atoms with Crippen molar-refractivity contribution in [2.75, 3.05) is 13.7 Å². The Morgan fingerprint density at radius 3 is 2.68 bits per heavy atom. The van der Waals surface area contributed by atoms with Gasteiger partial charge in [0.2, 0.25) is 6.41 Å². The topological polar surface area (TPSA) is 87.7 Å². The third-order valence-electron chi connectivity index (χ3n) is 3.39. The van der Waals surface area contributed by atoms with Crippen LogP contribution in [0.3, 0.4) is 0 Å². The number of hydrogen-bond donors (Lipinski definition) is 2. The zero-order chi connectivity index (χ0) is 16.3. The number of nitrogens with one attached hydrogen (secondary N) is 2. The number of carbonyl (C=O) groups excluding carboxylic acids is 3. The molecule has 1 unspecified atom stereocenters. The Labute approximate surface area is 132 Å². The van der Waals surface area contributed by atoms with E-state index in [0.717, 1.165) is 5.56 Å². The summed E-state index contributed by atoms with van der Waals surface area (Å²) in [6.07, 6.45) is 0.629. The summed E-state index contributed by atoms with van der Waals surface area (Å²) in [5, 5.41) is 5.14. The van der Waals surface area contributed by atoms with E-state index >= 15 is 0 Å². The molecule has 2 rings (SSSR count). The summed E-state index contributed by atoms with van der Waals surface area (Å²) < 4.78 is 5.13. The van der Waals surface area contributed by atoms with E-state index in [9.17, 15) is 14.4 Å². The molecular formula is C14H16ClN3O4. The summed E-state index contributed by atoms with van der Waals surface area (Å²) in [4.78, 5) is 35.7. The van der Waals surface area contributed by atoms with Gasteiger partial charge in [-0.2, -0.15) is 0 Å². The van der Waals surface area contributed by atoms with E-state index in [2.05, 4.69) is 10.6 Å². The van der Waals surface area contributed by atoms with E-state index in [0.29, 0.717) is 17.2 Å². The number of nitrogens with zero attached hydrogens (tertiary/aromatic N) is 1. The van der Waals surface area contributed by atoms with Gasteiger partial charge in [0, 0.05) is 6.54 Å². The number of amides is 4. The second-order valence-corrected chi connectivity index (χ2v) is 5.63. The predicted molar refractivity (Wildman–Crippen MR) is 79.6 cm³/mol. The molecule has 1 fully saturated rings. The van der Waals surface area contributed by atoms with Crippen molar-refractivity contribution in [3.63, 3.8) is 0 Å². The number of halogens is 1. The number of benzene rings is 1. The van der Waals surface area contributed by atoms with Crippen LogP contribution in [0.5, 0.6) is 5.75 Å². The third-order valence-corrected chi connectivity index (χ3v) is 3.70. The van der Waals surface area contributed by atoms with Crippen LogP contribution in [0.2, 0.25) is 5.02 Å². The number of imide groups is 1. The van der Waals surface area contributed by atoms with Crippen LogP contribution in [-0.2, 0) is 16.1 Å². The Balaban J connectivity index is 2.11. The smallest absolute Gasteiger partial charge is 0.322 e. The van der Waals surface area contributed by atoms with Crippen molar-refractivity contribution in [2.45, 2.75) is 19.0 Å². The van der Waals surface area contributed by atoms with Crippen molar-refractivity contribution < 1.29 is 19.1 Å². The highest BCUT2D eigenvalue weighted by molar-refractivity contribution is 6.32. The minimum absolute atomic E-state index is 0.0546. The quantitative estimate of drug-likeness (QED) is 0.601. The van der Waals surface area contributed by atoms with Gasteiger partial charge in [0.1, 0.15) is 11.3 Å². The van der Waals surface area contributed by atoms with Gasteiger partial charge >= 0.3 is 6.03 Å². The number of carbonyl (C=O) groups is 3. The molecule has 1 atom stereocenters. The van der Waals surface area contributed by atoms with Gasteiger partial charge in [-0.1, -0.05) is 17.7 Å². The molecule has 0 bridgehead atoms. The van der Waals surface area contributed by atoms with Crippen LogP contribution < -0.4 is 15.4 Å². The number of rotatable bonds is 6. The fourth-order valence-electron chi connectivity index (χ4n) is 2.26. The standard InChI is InChI=1S/C14H16ClN3O4/c1-14(12(20)16-13(21)17-14)7-18(8-19)6-9-3-4-10(15)11(5-9)22-2/h3-5,8H,6-7H2,1-2H3,(H2,16,17,20,21). The fraction of sp³-hybridized carbons (Fsp3) is 0.357. The molecule has 8 heteroatoms. The predicted octanol–water partition coefficient (Wildman–Crippen LogP) is 0.905. The summed E-state index contributed by atoms with van der Waals surface area (Å²) in [7, 11) is 1.50. The molecule has 1 aliphatic rings. The fourth-order valence-corrected chi connectivity index (χ4v) is 2.46. The Morgan fingerprint density at radius 1 is 1.41 bits per heavy atom. The number of urea groups is 1. The normalized spacial score (nSPS) is 20.3. The van der Waals surface area contributed by atoms with E-state index in [1.54, 1.807) is 25.1 Å². The van der Waals surface area contributed by atoms with Gasteiger partial charge in [-0.3, -0.25) is 14.9 Å². The van der Waals surface area contributed by atoms with Crippen LogP contribution in [0.1, 0.15) is 12.5 Å². The lowest BCUT2D eigenvalue weighted by Gasteiger charge is -2.27. The summed E-state index contributed by atoms with van der Waals surface area (Å²) in [6.45, 7) is 1.88. The van der Waals surface area contributed by atoms with Crippen LogP contribution in [0, 0.1) is 0 Å². The van der Waals surface area contributed by atoms with Gasteiger partial charge in [-0.05, 0) is 24.6 Å². The zero-order valence-electron chi connectivity index (χ0n) is 12.2. The Bertz CT molecular complexity index is 622. The minimum atomic E-state index is -1.14. The van der Waals surface area contributed by atoms with Gasteiger partial charge in [0.15, 0.2) is 0 Å². The van der Waals surface area contributed by atoms with Crippen LogP contribution in [0.25, 0.3) is 0 Å². The molecule has 1 heterocycles. The molecule has 0 radical (unpaired) electrons. The molecule has 1 aromatic carbocycles. The largest absolute Gasteiger partial charge is 0.495 e. The molecule has 1 aliphatic heterocycles. The molecule has 22 heavy (non-hydrogen) atoms. The Hall–Kier alpha value is -2.28. The molecule has 4 amide bonds. The third kappa shape index (κ3) is 3.30. The number of ether oxygens (including phenoxy) is 1. The summed E-state index contributed by atoms with van der Waals surface area (Å²) >= 11 is 5.95. The van der Waals surface area contributed by atoms with E-state index in [1.807, 2.05) is 0 Å². The Morgan fingerprint density at radius 2 is 2.14 bits per heavy atom. The van der Waals surface area contributed by atoms with Gasteiger partial charge < -0.3 is 15.0 Å². The number of methoxy groups -OCH3 is 1. The maximum atomic E-state index is 11.8. The van der Waals surface area contributed by atoms with Crippen molar-refractivity contribution in [2.24, 2.45) is 0 Å². The highest BCUT2D eigenvalue weighted by atomic mass is 35.5. The molecule has 0 spiro atoms. The van der Waals surface area contributed by atoms with Crippen molar-refractivity contribution in [3.8, 4) is 5.75 Å². The first-order valence-electron chi connectivity index (χ1n) is 6.53. The molecule has 118 valence electrons. The van der Waals surface area contributed by atoms with E-state index < -0.39 is 17.5 Å². The van der Waals surface area contributed by atoms with Crippen LogP contribution in [0.15, 0.2) is 18.2 Å². The first-order valence-corrected chi connectivity index (χ1v) is 6.91. The zero-order valence-corrected chi connectivity index (χ0v) is 12.9. The summed E-state index contributed by atoms with van der Waals surface area (Å²) in [5.41, 5.74) is -0.351. The van der Waals surface area contributed by atoms with Gasteiger partial charge in [-0.15, -0.1) is 0 Å². The number of hydrogen-bond acceptors (Lipinski definition) is 4. The highest BCUT2D eigenvalue weighted by Gasteiger charge is 2.43. The van der Waals surface area contributed by atoms with Gasteiger partial charge in [0.25, 0.3) is 5.91 Å². The summed E-state index contributed by atoms with van der Waals surface area (Å²) in [6, 6.07) is 4.59. The maximum absolute atomic E-state index is 11.8. The van der Waals surface area contributed by atoms with E-state index in [1.165, 1.54) is 12.0 Å². The monoisotopic (exact) mass is 325 g/mol. The first kappa shape index (κ1) is 16.1. The molecule has 1 saturated heterocycles. The molecule has 1 aromatic rings. The second kappa shape index (κ2) is 6.23. The molecular weight excluding hydrogens is 310 g/mol. The van der Waals surface area contributed by atoms with Crippen molar-refractivity contribution in [1.82, 2.24) is 15.5 Å². The SMILES string of the molecule is COc1cc(CN(C=O)CC2(C)NC(=O)NC2=O)ccc1Cl. The first-order chi connectivity index (χ1) is 10.4. The van der Waals surface area contributed by atoms with Crippen molar-refractivity contribution in [3.05, 3.63) is 28.8 Å². The molecule has 0 aromatic heterocycles. The van der Waals surface area contributed by atoms with E-state index in [4.69, 9.17) is 16.3 Å². The molecule has 7 nitrogen and oxygen atoms in total. The minimum Gasteiger partial charge on any atom is -0.495 e. The van der Waals surface area contributed by atoms with Crippen LogP contribution in [0.4, 0.5) is 4.79 Å². The van der Waals surface area contributed by atoms with Crippen LogP contribution in [-0.4, -0.2) is 42.4 Å². The molecule has 0 aliphatic carbocycles. The van der Waals surface area contributed by atoms with Crippen molar-refractivity contribution in [1.29, 1.82) is 0 Å².